The number of anilines is 1. The summed E-state index contributed by atoms with van der Waals surface area (Å²) in [7, 11) is 0. The molecule has 0 aliphatic heterocycles. The molecule has 5 nitrogen and oxygen atoms in total. The van der Waals surface area contributed by atoms with Gasteiger partial charge in [-0.2, -0.15) is 0 Å². The number of nitrogens with two attached hydrogens (primary N) is 1. The van der Waals surface area contributed by atoms with E-state index in [0.29, 0.717) is 0 Å². The quantitative estimate of drug-likeness (QED) is 0.690. The molecular formula is C14H20FN3O2. The Balaban J connectivity index is 2.42. The molecule has 1 aromatic carbocycles. The molecule has 4 N–H and O–H groups in total. The number of nitrogens with one attached hydrogen (secondary N) is 2. The van der Waals surface area contributed by atoms with E-state index in [1.165, 1.54) is 6.07 Å². The standard InChI is InChI=1S/C14H20FN3O2/c1-3-9(2)18-13(19)4-5-17-14(20)10-6-11(15)8-12(16)7-10/h6-9H,3-5,16H2,1-2H3,(H,17,20)(H,18,19). The molecule has 0 spiro atoms. The first-order valence-electron chi connectivity index (χ1n) is 6.56. The van der Waals surface area contributed by atoms with Crippen molar-refractivity contribution < 1.29 is 14.0 Å². The zero-order valence-electron chi connectivity index (χ0n) is 11.7. The van der Waals surface area contributed by atoms with Crippen molar-refractivity contribution in [2.75, 3.05) is 12.3 Å². The summed E-state index contributed by atoms with van der Waals surface area (Å²) in [5.74, 6) is -1.14. The van der Waals surface area contributed by atoms with Crippen molar-refractivity contribution in [3.8, 4) is 0 Å². The third-order valence-corrected chi connectivity index (χ3v) is 2.84. The van der Waals surface area contributed by atoms with Gasteiger partial charge in [0.05, 0.1) is 0 Å². The maximum absolute atomic E-state index is 13.1. The van der Waals surface area contributed by atoms with Crippen molar-refractivity contribution in [3.05, 3.63) is 29.6 Å². The van der Waals surface area contributed by atoms with Crippen LogP contribution in [0.1, 0.15) is 37.0 Å². The molecule has 0 saturated heterocycles. The van der Waals surface area contributed by atoms with Crippen molar-refractivity contribution in [1.29, 1.82) is 0 Å². The first-order valence-corrected chi connectivity index (χ1v) is 6.56. The molecular weight excluding hydrogens is 261 g/mol. The predicted molar refractivity (Wildman–Crippen MR) is 75.7 cm³/mol. The van der Waals surface area contributed by atoms with E-state index in [0.717, 1.165) is 18.6 Å². The number of amides is 2. The highest BCUT2D eigenvalue weighted by Gasteiger charge is 2.09. The Kier molecular flexibility index (Phi) is 5.96. The molecule has 0 aromatic heterocycles. The van der Waals surface area contributed by atoms with Crippen LogP contribution in [0, 0.1) is 5.82 Å². The largest absolute Gasteiger partial charge is 0.399 e. The minimum absolute atomic E-state index is 0.112. The minimum atomic E-state index is -0.565. The van der Waals surface area contributed by atoms with Gasteiger partial charge in [0.15, 0.2) is 0 Å². The topological polar surface area (TPSA) is 84.2 Å². The van der Waals surface area contributed by atoms with Gasteiger partial charge in [-0.05, 0) is 31.5 Å². The van der Waals surface area contributed by atoms with Crippen molar-refractivity contribution >= 4 is 17.5 Å². The van der Waals surface area contributed by atoms with Gasteiger partial charge in [-0.25, -0.2) is 4.39 Å². The number of nitrogen functional groups attached to an aromatic ring is 1. The Bertz CT molecular complexity index is 471. The Morgan fingerprint density at radius 3 is 2.65 bits per heavy atom. The predicted octanol–water partition coefficient (Wildman–Crippen LogP) is 1.44. The zero-order chi connectivity index (χ0) is 15.1. The van der Waals surface area contributed by atoms with E-state index in [1.54, 1.807) is 0 Å². The van der Waals surface area contributed by atoms with E-state index >= 15 is 0 Å². The van der Waals surface area contributed by atoms with E-state index in [-0.39, 0.29) is 36.2 Å². The van der Waals surface area contributed by atoms with Gasteiger partial charge in [-0.3, -0.25) is 9.59 Å². The molecule has 1 rings (SSSR count). The number of benzene rings is 1. The highest BCUT2D eigenvalue weighted by molar-refractivity contribution is 5.95. The van der Waals surface area contributed by atoms with Crippen LogP contribution in [0.5, 0.6) is 0 Å². The van der Waals surface area contributed by atoms with Gasteiger partial charge < -0.3 is 16.4 Å². The van der Waals surface area contributed by atoms with Gasteiger partial charge in [0.25, 0.3) is 5.91 Å². The summed E-state index contributed by atoms with van der Waals surface area (Å²) in [4.78, 5) is 23.2. The highest BCUT2D eigenvalue weighted by atomic mass is 19.1. The van der Waals surface area contributed by atoms with Crippen LogP contribution in [0.3, 0.4) is 0 Å². The van der Waals surface area contributed by atoms with Crippen LogP contribution < -0.4 is 16.4 Å². The molecule has 0 heterocycles. The Labute approximate surface area is 117 Å². The third-order valence-electron chi connectivity index (χ3n) is 2.84. The smallest absolute Gasteiger partial charge is 0.251 e. The summed E-state index contributed by atoms with van der Waals surface area (Å²) in [5.41, 5.74) is 5.79. The van der Waals surface area contributed by atoms with Crippen molar-refractivity contribution in [2.24, 2.45) is 0 Å². The number of rotatable bonds is 6. The van der Waals surface area contributed by atoms with Gasteiger partial charge in [0, 0.05) is 30.3 Å². The second-order valence-corrected chi connectivity index (χ2v) is 4.66. The number of hydrogen-bond donors (Lipinski definition) is 3. The van der Waals surface area contributed by atoms with Crippen LogP contribution in [-0.4, -0.2) is 24.4 Å². The maximum atomic E-state index is 13.1. The molecule has 6 heteroatoms. The third kappa shape index (κ3) is 5.26. The summed E-state index contributed by atoms with van der Waals surface area (Å²) in [6.45, 7) is 4.07. The number of carbonyl (C=O) groups excluding carboxylic acids is 2. The van der Waals surface area contributed by atoms with E-state index < -0.39 is 11.7 Å². The van der Waals surface area contributed by atoms with E-state index in [9.17, 15) is 14.0 Å². The lowest BCUT2D eigenvalue weighted by Gasteiger charge is -2.11. The van der Waals surface area contributed by atoms with Crippen LogP contribution in [0.2, 0.25) is 0 Å². The monoisotopic (exact) mass is 281 g/mol. The molecule has 0 aliphatic carbocycles. The molecule has 0 saturated carbocycles. The molecule has 0 bridgehead atoms. The first kappa shape index (κ1) is 15.9. The van der Waals surface area contributed by atoms with Crippen molar-refractivity contribution in [1.82, 2.24) is 10.6 Å². The van der Waals surface area contributed by atoms with Crippen molar-refractivity contribution in [3.63, 3.8) is 0 Å². The average Bonchev–Trinajstić information content (AvgIpc) is 2.37. The first-order chi connectivity index (χ1) is 9.42. The van der Waals surface area contributed by atoms with Crippen molar-refractivity contribution in [2.45, 2.75) is 32.7 Å². The summed E-state index contributed by atoms with van der Waals surface area (Å²) in [6.07, 6.45) is 1.03. The molecule has 1 atom stereocenters. The van der Waals surface area contributed by atoms with Gasteiger partial charge in [0.2, 0.25) is 5.91 Å². The molecule has 1 unspecified atom stereocenters. The van der Waals surface area contributed by atoms with Gasteiger partial charge >= 0.3 is 0 Å². The molecule has 110 valence electrons. The fourth-order valence-electron chi connectivity index (χ4n) is 1.58. The average molecular weight is 281 g/mol. The fourth-order valence-corrected chi connectivity index (χ4v) is 1.58. The Hall–Kier alpha value is -2.11. The van der Waals surface area contributed by atoms with Crippen LogP contribution in [-0.2, 0) is 4.79 Å². The van der Waals surface area contributed by atoms with E-state index in [2.05, 4.69) is 10.6 Å². The lowest BCUT2D eigenvalue weighted by Crippen LogP contribution is -2.35. The number of carbonyl (C=O) groups is 2. The van der Waals surface area contributed by atoms with Crippen LogP contribution in [0.15, 0.2) is 18.2 Å². The molecule has 2 amide bonds. The van der Waals surface area contributed by atoms with Gasteiger partial charge in [-0.1, -0.05) is 6.92 Å². The second kappa shape index (κ2) is 7.47. The molecule has 1 aromatic rings. The normalized spacial score (nSPS) is 11.8. The Morgan fingerprint density at radius 1 is 1.35 bits per heavy atom. The Morgan fingerprint density at radius 2 is 2.05 bits per heavy atom. The minimum Gasteiger partial charge on any atom is -0.399 e. The highest BCUT2D eigenvalue weighted by Crippen LogP contribution is 2.10. The SMILES string of the molecule is CCC(C)NC(=O)CCNC(=O)c1cc(N)cc(F)c1. The van der Waals surface area contributed by atoms with Crippen LogP contribution in [0.25, 0.3) is 0 Å². The molecule has 0 radical (unpaired) electrons. The lowest BCUT2D eigenvalue weighted by molar-refractivity contribution is -0.121. The van der Waals surface area contributed by atoms with Gasteiger partial charge in [-0.15, -0.1) is 0 Å². The van der Waals surface area contributed by atoms with E-state index in [4.69, 9.17) is 5.73 Å². The lowest BCUT2D eigenvalue weighted by atomic mass is 10.2. The summed E-state index contributed by atoms with van der Waals surface area (Å²) < 4.78 is 13.1. The van der Waals surface area contributed by atoms with Crippen LogP contribution in [0.4, 0.5) is 10.1 Å². The fraction of sp³-hybridized carbons (Fsp3) is 0.429. The summed E-state index contributed by atoms with van der Waals surface area (Å²) in [5, 5.41) is 5.34. The zero-order valence-corrected chi connectivity index (χ0v) is 11.7. The number of halogens is 1. The molecule has 0 fully saturated rings. The second-order valence-electron chi connectivity index (χ2n) is 4.66. The van der Waals surface area contributed by atoms with Gasteiger partial charge in [0.1, 0.15) is 5.82 Å². The molecule has 0 aliphatic rings. The van der Waals surface area contributed by atoms with Crippen LogP contribution >= 0.6 is 0 Å². The summed E-state index contributed by atoms with van der Waals surface area (Å²) in [6, 6.07) is 3.74. The summed E-state index contributed by atoms with van der Waals surface area (Å²) >= 11 is 0. The van der Waals surface area contributed by atoms with E-state index in [1.807, 2.05) is 13.8 Å². The number of hydrogen-bond acceptors (Lipinski definition) is 3. The maximum Gasteiger partial charge on any atom is 0.251 e. The molecule has 20 heavy (non-hydrogen) atoms.